The fourth-order valence-corrected chi connectivity index (χ4v) is 1.98. The van der Waals surface area contributed by atoms with E-state index >= 15 is 0 Å². The van der Waals surface area contributed by atoms with Crippen molar-refractivity contribution >= 4 is 17.3 Å². The van der Waals surface area contributed by atoms with E-state index < -0.39 is 0 Å². The van der Waals surface area contributed by atoms with Crippen LogP contribution in [0.4, 0.5) is 5.69 Å². The zero-order valence-electron chi connectivity index (χ0n) is 8.28. The zero-order chi connectivity index (χ0) is 10.7. The van der Waals surface area contributed by atoms with Crippen molar-refractivity contribution in [3.63, 3.8) is 0 Å². The lowest BCUT2D eigenvalue weighted by Crippen LogP contribution is -2.30. The fourth-order valence-electron chi connectivity index (χ4n) is 1.72. The lowest BCUT2D eigenvalue weighted by Gasteiger charge is -2.29. The van der Waals surface area contributed by atoms with Crippen LogP contribution >= 0.6 is 11.6 Å². The summed E-state index contributed by atoms with van der Waals surface area (Å²) in [5.41, 5.74) is 1.31. The average Bonchev–Trinajstić information content (AvgIpc) is 2.30. The van der Waals surface area contributed by atoms with Crippen molar-refractivity contribution in [3.8, 4) is 6.07 Å². The minimum Gasteiger partial charge on any atom is -0.369 e. The summed E-state index contributed by atoms with van der Waals surface area (Å²) >= 11 is 6.12. The quantitative estimate of drug-likeness (QED) is 0.730. The number of halogens is 1. The molecule has 1 fully saturated rings. The molecule has 0 spiro atoms. The summed E-state index contributed by atoms with van der Waals surface area (Å²) in [6.45, 7) is 1.86. The van der Waals surface area contributed by atoms with E-state index in [1.807, 2.05) is 6.07 Å². The van der Waals surface area contributed by atoms with Crippen molar-refractivity contribution in [3.05, 3.63) is 29.4 Å². The first-order valence-corrected chi connectivity index (χ1v) is 5.31. The topological polar surface area (TPSA) is 39.9 Å². The Bertz CT molecular complexity index is 391. The van der Waals surface area contributed by atoms with E-state index in [0.29, 0.717) is 10.6 Å². The van der Waals surface area contributed by atoms with Crippen molar-refractivity contribution in [1.82, 2.24) is 4.98 Å². The molecule has 15 heavy (non-hydrogen) atoms. The van der Waals surface area contributed by atoms with Gasteiger partial charge >= 0.3 is 0 Å². The van der Waals surface area contributed by atoms with Crippen molar-refractivity contribution in [2.24, 2.45) is 0 Å². The Kier molecular flexibility index (Phi) is 3.08. The van der Waals surface area contributed by atoms with E-state index in [2.05, 4.69) is 16.3 Å². The Labute approximate surface area is 94.3 Å². The molecule has 0 N–H and O–H groups in total. The lowest BCUT2D eigenvalue weighted by atomic mass is 10.1. The SMILES string of the molecule is N#Cc1cncc(N2C[CH]CCC2)c1Cl. The summed E-state index contributed by atoms with van der Waals surface area (Å²) in [5, 5.41) is 9.36. The monoisotopic (exact) mass is 220 g/mol. The van der Waals surface area contributed by atoms with E-state index in [-0.39, 0.29) is 0 Å². The molecule has 3 nitrogen and oxygen atoms in total. The van der Waals surface area contributed by atoms with Crippen LogP contribution in [0.1, 0.15) is 18.4 Å². The highest BCUT2D eigenvalue weighted by molar-refractivity contribution is 6.34. The van der Waals surface area contributed by atoms with Crippen LogP contribution in [0, 0.1) is 17.8 Å². The van der Waals surface area contributed by atoms with Crippen LogP contribution in [0.5, 0.6) is 0 Å². The molecule has 1 aliphatic heterocycles. The van der Waals surface area contributed by atoms with Crippen LogP contribution in [-0.4, -0.2) is 18.1 Å². The van der Waals surface area contributed by atoms with E-state index in [4.69, 9.17) is 16.9 Å². The van der Waals surface area contributed by atoms with Crippen LogP contribution < -0.4 is 4.90 Å². The molecule has 1 saturated heterocycles. The second kappa shape index (κ2) is 4.50. The molecule has 2 rings (SSSR count). The fraction of sp³-hybridized carbons (Fsp3) is 0.364. The van der Waals surface area contributed by atoms with Gasteiger partial charge in [-0.05, 0) is 19.3 Å². The summed E-state index contributed by atoms with van der Waals surface area (Å²) in [6, 6.07) is 2.04. The van der Waals surface area contributed by atoms with Gasteiger partial charge in [0.05, 0.1) is 22.5 Å². The third-order valence-corrected chi connectivity index (χ3v) is 2.91. The maximum Gasteiger partial charge on any atom is 0.102 e. The molecule has 1 aromatic rings. The van der Waals surface area contributed by atoms with Crippen molar-refractivity contribution < 1.29 is 0 Å². The maximum absolute atomic E-state index is 8.84. The van der Waals surface area contributed by atoms with Gasteiger partial charge in [-0.1, -0.05) is 11.6 Å². The van der Waals surface area contributed by atoms with Gasteiger partial charge in [0, 0.05) is 19.3 Å². The van der Waals surface area contributed by atoms with E-state index in [1.165, 1.54) is 6.20 Å². The molecule has 2 heterocycles. The summed E-state index contributed by atoms with van der Waals surface area (Å²) in [4.78, 5) is 6.18. The average molecular weight is 221 g/mol. The molecule has 0 bridgehead atoms. The summed E-state index contributed by atoms with van der Waals surface area (Å²) in [5.74, 6) is 0. The molecule has 0 atom stereocenters. The number of hydrogen-bond donors (Lipinski definition) is 0. The lowest BCUT2D eigenvalue weighted by molar-refractivity contribution is 0.670. The maximum atomic E-state index is 8.84. The first-order valence-electron chi connectivity index (χ1n) is 4.93. The highest BCUT2D eigenvalue weighted by atomic mass is 35.5. The zero-order valence-corrected chi connectivity index (χ0v) is 9.04. The molecule has 0 aliphatic carbocycles. The van der Waals surface area contributed by atoms with Gasteiger partial charge in [-0.3, -0.25) is 4.98 Å². The molecule has 0 amide bonds. The number of anilines is 1. The van der Waals surface area contributed by atoms with Gasteiger partial charge < -0.3 is 4.90 Å². The Balaban J connectivity index is 2.31. The number of nitrogens with zero attached hydrogens (tertiary/aromatic N) is 3. The Morgan fingerprint density at radius 1 is 1.47 bits per heavy atom. The van der Waals surface area contributed by atoms with Gasteiger partial charge in [-0.2, -0.15) is 5.26 Å². The third kappa shape index (κ3) is 2.05. The largest absolute Gasteiger partial charge is 0.369 e. The first-order chi connectivity index (χ1) is 7.33. The van der Waals surface area contributed by atoms with Crippen molar-refractivity contribution in [2.45, 2.75) is 12.8 Å². The van der Waals surface area contributed by atoms with E-state index in [9.17, 15) is 0 Å². The van der Waals surface area contributed by atoms with Gasteiger partial charge in [-0.25, -0.2) is 0 Å². The van der Waals surface area contributed by atoms with Gasteiger partial charge in [0.25, 0.3) is 0 Å². The predicted molar refractivity (Wildman–Crippen MR) is 59.7 cm³/mol. The molecule has 4 heteroatoms. The minimum atomic E-state index is 0.444. The summed E-state index contributed by atoms with van der Waals surface area (Å²) < 4.78 is 0. The van der Waals surface area contributed by atoms with Crippen molar-refractivity contribution in [2.75, 3.05) is 18.0 Å². The molecule has 77 valence electrons. The standard InChI is InChI=1S/C11H11ClN3/c12-11-9(6-13)7-14-8-10(11)15-4-2-1-3-5-15/h2,7-8H,1,3-5H2. The molecular weight excluding hydrogens is 210 g/mol. The molecule has 0 aromatic carbocycles. The molecule has 1 aliphatic rings. The summed E-state index contributed by atoms with van der Waals surface area (Å²) in [7, 11) is 0. The van der Waals surface area contributed by atoms with Crippen LogP contribution in [0.3, 0.4) is 0 Å². The van der Waals surface area contributed by atoms with Crippen LogP contribution in [0.25, 0.3) is 0 Å². The van der Waals surface area contributed by atoms with Crippen LogP contribution in [0.15, 0.2) is 12.4 Å². The van der Waals surface area contributed by atoms with Gasteiger partial charge in [0.15, 0.2) is 0 Å². The molecule has 0 unspecified atom stereocenters. The van der Waals surface area contributed by atoms with Crippen LogP contribution in [-0.2, 0) is 0 Å². The van der Waals surface area contributed by atoms with Gasteiger partial charge in [0.2, 0.25) is 0 Å². The molecular formula is C11H11ClN3. The molecule has 1 aromatic heterocycles. The Morgan fingerprint density at radius 3 is 3.00 bits per heavy atom. The highest BCUT2D eigenvalue weighted by Gasteiger charge is 2.16. The molecule has 1 radical (unpaired) electrons. The number of piperidine rings is 1. The Morgan fingerprint density at radius 2 is 2.33 bits per heavy atom. The van der Waals surface area contributed by atoms with E-state index in [1.54, 1.807) is 6.20 Å². The second-order valence-electron chi connectivity index (χ2n) is 3.51. The van der Waals surface area contributed by atoms with E-state index in [0.717, 1.165) is 31.6 Å². The van der Waals surface area contributed by atoms with Gasteiger partial charge in [0.1, 0.15) is 6.07 Å². The minimum absolute atomic E-state index is 0.444. The summed E-state index contributed by atoms with van der Waals surface area (Å²) in [6.07, 6.45) is 7.73. The van der Waals surface area contributed by atoms with Crippen molar-refractivity contribution in [1.29, 1.82) is 5.26 Å². The second-order valence-corrected chi connectivity index (χ2v) is 3.89. The normalized spacial score (nSPS) is 16.1. The number of rotatable bonds is 1. The predicted octanol–water partition coefficient (Wildman–Crippen LogP) is 2.41. The third-order valence-electron chi connectivity index (χ3n) is 2.51. The smallest absolute Gasteiger partial charge is 0.102 e. The Hall–Kier alpha value is -1.27. The first kappa shape index (κ1) is 10.3. The van der Waals surface area contributed by atoms with Gasteiger partial charge in [-0.15, -0.1) is 0 Å². The number of aromatic nitrogens is 1. The molecule has 0 saturated carbocycles. The van der Waals surface area contributed by atoms with Crippen LogP contribution in [0.2, 0.25) is 5.02 Å². The number of nitriles is 1. The highest BCUT2D eigenvalue weighted by Crippen LogP contribution is 2.29. The number of hydrogen-bond acceptors (Lipinski definition) is 3. The number of pyridine rings is 1.